The zero-order valence-corrected chi connectivity index (χ0v) is 19.0. The van der Waals surface area contributed by atoms with Crippen LogP contribution in [-0.2, 0) is 22.4 Å². The molecule has 3 aliphatic rings. The molecule has 0 spiro atoms. The minimum atomic E-state index is -0.939. The van der Waals surface area contributed by atoms with E-state index < -0.39 is 17.8 Å². The van der Waals surface area contributed by atoms with E-state index in [2.05, 4.69) is 12.2 Å². The smallest absolute Gasteiger partial charge is 0.307 e. The molecule has 1 aliphatic heterocycles. The van der Waals surface area contributed by atoms with Crippen LogP contribution < -0.4 is 5.32 Å². The average Bonchev–Trinajstić information content (AvgIpc) is 3.15. The predicted octanol–water partition coefficient (Wildman–Crippen LogP) is 4.49. The van der Waals surface area contributed by atoms with E-state index in [1.54, 1.807) is 0 Å². The number of allylic oxidation sites excluding steroid dienone is 2. The van der Waals surface area contributed by atoms with Crippen LogP contribution in [0.4, 0.5) is 5.00 Å². The number of hydrogen-bond donors (Lipinski definition) is 2. The third-order valence-corrected chi connectivity index (χ3v) is 8.29. The topological polar surface area (TPSA) is 86.7 Å². The number of nitrogens with one attached hydrogen (secondary N) is 1. The van der Waals surface area contributed by atoms with Gasteiger partial charge >= 0.3 is 5.97 Å². The van der Waals surface area contributed by atoms with E-state index in [1.165, 1.54) is 16.2 Å². The van der Waals surface area contributed by atoms with Crippen molar-refractivity contribution < 1.29 is 19.5 Å². The number of aliphatic carboxylic acids is 1. The molecule has 0 aromatic carbocycles. The summed E-state index contributed by atoms with van der Waals surface area (Å²) < 4.78 is 0. The van der Waals surface area contributed by atoms with E-state index in [1.807, 2.05) is 17.1 Å². The molecule has 2 amide bonds. The van der Waals surface area contributed by atoms with Gasteiger partial charge in [-0.05, 0) is 62.8 Å². The number of likely N-dealkylation sites (tertiary alicyclic amines) is 1. The Morgan fingerprint density at radius 2 is 1.84 bits per heavy atom. The zero-order chi connectivity index (χ0) is 22.0. The highest BCUT2D eigenvalue weighted by Gasteiger charge is 2.36. The van der Waals surface area contributed by atoms with Crippen molar-refractivity contribution in [3.05, 3.63) is 28.2 Å². The highest BCUT2D eigenvalue weighted by molar-refractivity contribution is 7.17. The molecule has 1 aromatic rings. The largest absolute Gasteiger partial charge is 0.481 e. The van der Waals surface area contributed by atoms with Crippen LogP contribution in [0.25, 0.3) is 0 Å². The number of carboxylic acid groups (broad SMARTS) is 1. The molecular weight excluding hydrogens is 412 g/mol. The van der Waals surface area contributed by atoms with Crippen molar-refractivity contribution >= 4 is 34.1 Å². The Bertz CT molecular complexity index is 884. The van der Waals surface area contributed by atoms with Gasteiger partial charge in [-0.2, -0.15) is 0 Å². The van der Waals surface area contributed by atoms with Gasteiger partial charge < -0.3 is 15.3 Å². The highest BCUT2D eigenvalue weighted by atomic mass is 32.1. The van der Waals surface area contributed by atoms with Crippen LogP contribution in [0.5, 0.6) is 0 Å². The minimum Gasteiger partial charge on any atom is -0.481 e. The van der Waals surface area contributed by atoms with E-state index in [-0.39, 0.29) is 11.8 Å². The Balaban J connectivity index is 1.63. The molecule has 1 aromatic heterocycles. The SMILES string of the molecule is CC[C@H]1CCc2c(sc(NC(=O)[C@H]3CC=CC[C@@H]3C(=O)O)c2C(=O)N2CCCCC2)C1. The molecule has 1 fully saturated rings. The Morgan fingerprint density at radius 3 is 2.52 bits per heavy atom. The van der Waals surface area contributed by atoms with E-state index in [0.29, 0.717) is 29.3 Å². The van der Waals surface area contributed by atoms with Crippen molar-refractivity contribution in [1.29, 1.82) is 0 Å². The van der Waals surface area contributed by atoms with Gasteiger partial charge in [-0.3, -0.25) is 14.4 Å². The van der Waals surface area contributed by atoms with Crippen molar-refractivity contribution in [1.82, 2.24) is 4.90 Å². The molecule has 4 rings (SSSR count). The number of nitrogens with zero attached hydrogens (tertiary/aromatic N) is 1. The van der Waals surface area contributed by atoms with E-state index >= 15 is 0 Å². The van der Waals surface area contributed by atoms with Crippen molar-refractivity contribution in [3.63, 3.8) is 0 Å². The highest BCUT2D eigenvalue weighted by Crippen LogP contribution is 2.42. The molecule has 7 heteroatoms. The standard InChI is InChI=1S/C24H32N2O4S/c1-2-15-10-11-18-19(14-15)31-22(20(18)23(28)26-12-6-3-7-13-26)25-21(27)16-8-4-5-9-17(16)24(29)30/h4-5,15-17H,2-3,6-14H2,1H3,(H,25,27)(H,29,30)/t15-,16-,17-/m0/s1. The van der Waals surface area contributed by atoms with Crippen molar-refractivity contribution in [2.75, 3.05) is 18.4 Å². The van der Waals surface area contributed by atoms with E-state index in [9.17, 15) is 19.5 Å². The first kappa shape index (κ1) is 22.1. The first-order valence-electron chi connectivity index (χ1n) is 11.6. The second-order valence-electron chi connectivity index (χ2n) is 9.06. The van der Waals surface area contributed by atoms with Crippen molar-refractivity contribution in [2.24, 2.45) is 17.8 Å². The number of anilines is 1. The first-order valence-corrected chi connectivity index (χ1v) is 12.4. The molecule has 168 valence electrons. The van der Waals surface area contributed by atoms with Gasteiger partial charge in [-0.1, -0.05) is 25.5 Å². The summed E-state index contributed by atoms with van der Waals surface area (Å²) in [4.78, 5) is 41.5. The maximum absolute atomic E-state index is 13.5. The van der Waals surface area contributed by atoms with Gasteiger partial charge in [0.25, 0.3) is 5.91 Å². The van der Waals surface area contributed by atoms with Crippen LogP contribution >= 0.6 is 11.3 Å². The Kier molecular flexibility index (Phi) is 6.80. The Hall–Kier alpha value is -2.15. The molecule has 0 unspecified atom stereocenters. The molecule has 6 nitrogen and oxygen atoms in total. The van der Waals surface area contributed by atoms with Gasteiger partial charge in [0.2, 0.25) is 5.91 Å². The number of piperidine rings is 1. The molecule has 1 saturated heterocycles. The molecular formula is C24H32N2O4S. The zero-order valence-electron chi connectivity index (χ0n) is 18.2. The lowest BCUT2D eigenvalue weighted by atomic mass is 9.82. The van der Waals surface area contributed by atoms with Crippen LogP contribution in [-0.4, -0.2) is 40.9 Å². The third kappa shape index (κ3) is 4.56. The van der Waals surface area contributed by atoms with Gasteiger partial charge in [0, 0.05) is 18.0 Å². The predicted molar refractivity (Wildman–Crippen MR) is 121 cm³/mol. The number of thiophene rings is 1. The fourth-order valence-electron chi connectivity index (χ4n) is 5.15. The summed E-state index contributed by atoms with van der Waals surface area (Å²) >= 11 is 1.53. The van der Waals surface area contributed by atoms with Gasteiger partial charge in [0.1, 0.15) is 5.00 Å². The monoisotopic (exact) mass is 444 g/mol. The molecule has 0 radical (unpaired) electrons. The summed E-state index contributed by atoms with van der Waals surface area (Å²) in [6, 6.07) is 0. The summed E-state index contributed by atoms with van der Waals surface area (Å²) in [7, 11) is 0. The molecule has 0 saturated carbocycles. The third-order valence-electron chi connectivity index (χ3n) is 7.12. The fourth-order valence-corrected chi connectivity index (χ4v) is 6.51. The molecule has 2 N–H and O–H groups in total. The van der Waals surface area contributed by atoms with E-state index in [4.69, 9.17) is 0 Å². The Labute approximate surface area is 187 Å². The summed E-state index contributed by atoms with van der Waals surface area (Å²) in [6.45, 7) is 3.74. The van der Waals surface area contributed by atoms with Gasteiger partial charge in [-0.15, -0.1) is 11.3 Å². The van der Waals surface area contributed by atoms with Crippen molar-refractivity contribution in [2.45, 2.75) is 64.7 Å². The van der Waals surface area contributed by atoms with Crippen LogP contribution in [0.15, 0.2) is 12.2 Å². The summed E-state index contributed by atoms with van der Waals surface area (Å²) in [5.74, 6) is -1.90. The number of amides is 2. The average molecular weight is 445 g/mol. The molecule has 31 heavy (non-hydrogen) atoms. The van der Waals surface area contributed by atoms with Crippen LogP contribution in [0.2, 0.25) is 0 Å². The number of fused-ring (bicyclic) bond motifs is 1. The molecule has 0 bridgehead atoms. The first-order chi connectivity index (χ1) is 15.0. The number of carboxylic acids is 1. The minimum absolute atomic E-state index is 0.0285. The number of hydrogen-bond acceptors (Lipinski definition) is 4. The summed E-state index contributed by atoms with van der Waals surface area (Å²) in [5, 5.41) is 13.2. The molecule has 2 aliphatic carbocycles. The van der Waals surface area contributed by atoms with Gasteiger partial charge in [0.05, 0.1) is 17.4 Å². The van der Waals surface area contributed by atoms with Crippen molar-refractivity contribution in [3.8, 4) is 0 Å². The number of carbonyl (C=O) groups excluding carboxylic acids is 2. The Morgan fingerprint density at radius 1 is 1.13 bits per heavy atom. The number of carbonyl (C=O) groups is 3. The maximum Gasteiger partial charge on any atom is 0.307 e. The summed E-state index contributed by atoms with van der Waals surface area (Å²) in [6.07, 6.45) is 11.7. The molecule has 3 atom stereocenters. The summed E-state index contributed by atoms with van der Waals surface area (Å²) in [5.41, 5.74) is 1.78. The molecule has 2 heterocycles. The van der Waals surface area contributed by atoms with Crippen LogP contribution in [0.3, 0.4) is 0 Å². The maximum atomic E-state index is 13.5. The number of rotatable bonds is 5. The normalized spacial score (nSPS) is 25.7. The second kappa shape index (κ2) is 9.55. The lowest BCUT2D eigenvalue weighted by Crippen LogP contribution is -2.37. The lowest BCUT2D eigenvalue weighted by molar-refractivity contribution is -0.146. The lowest BCUT2D eigenvalue weighted by Gasteiger charge is -2.28. The van der Waals surface area contributed by atoms with Crippen LogP contribution in [0, 0.1) is 17.8 Å². The second-order valence-corrected chi connectivity index (χ2v) is 10.2. The fraction of sp³-hybridized carbons (Fsp3) is 0.625. The van der Waals surface area contributed by atoms with Gasteiger partial charge in [0.15, 0.2) is 0 Å². The van der Waals surface area contributed by atoms with Gasteiger partial charge in [-0.25, -0.2) is 0 Å². The quantitative estimate of drug-likeness (QED) is 0.655. The van der Waals surface area contributed by atoms with Crippen LogP contribution in [0.1, 0.15) is 72.7 Å². The van der Waals surface area contributed by atoms with E-state index in [0.717, 1.165) is 63.6 Å².